The van der Waals surface area contributed by atoms with E-state index in [4.69, 9.17) is 19.1 Å². The van der Waals surface area contributed by atoms with Crippen molar-refractivity contribution >= 4 is 29.1 Å². The number of carbonyl (C=O) groups excluding carboxylic acids is 1. The van der Waals surface area contributed by atoms with Crippen LogP contribution in [-0.4, -0.2) is 58.3 Å². The lowest BCUT2D eigenvalue weighted by Crippen LogP contribution is -2.43. The van der Waals surface area contributed by atoms with E-state index in [1.165, 1.54) is 0 Å². The van der Waals surface area contributed by atoms with Crippen LogP contribution in [0.3, 0.4) is 0 Å². The summed E-state index contributed by atoms with van der Waals surface area (Å²) in [6.07, 6.45) is 1.58. The summed E-state index contributed by atoms with van der Waals surface area (Å²) >= 11 is 0. The number of fused-ring (bicyclic) bond motifs is 3. The number of anilines is 3. The van der Waals surface area contributed by atoms with Crippen LogP contribution >= 0.6 is 0 Å². The normalized spacial score (nSPS) is 22.1. The Balaban J connectivity index is 1.20. The molecule has 3 aliphatic heterocycles. The number of aliphatic imine (C=N–C) groups is 1. The third-order valence-electron chi connectivity index (χ3n) is 7.27. The van der Waals surface area contributed by atoms with Gasteiger partial charge in [-0.2, -0.15) is 0 Å². The van der Waals surface area contributed by atoms with Gasteiger partial charge in [0, 0.05) is 29.9 Å². The topological polar surface area (TPSA) is 118 Å². The molecule has 3 atom stereocenters. The van der Waals surface area contributed by atoms with Gasteiger partial charge in [-0.3, -0.25) is 4.79 Å². The van der Waals surface area contributed by atoms with Crippen molar-refractivity contribution < 1.29 is 13.9 Å². The van der Waals surface area contributed by atoms with Crippen LogP contribution in [0, 0.1) is 6.92 Å². The molecule has 2 bridgehead atoms. The molecule has 1 amide bonds. The Morgan fingerprint density at radius 2 is 1.69 bits per heavy atom. The Morgan fingerprint density at radius 3 is 2.51 bits per heavy atom. The molecule has 7 rings (SSSR count). The van der Waals surface area contributed by atoms with E-state index in [2.05, 4.69) is 25.7 Å². The Morgan fingerprint density at radius 1 is 0.923 bits per heavy atom. The maximum atomic E-state index is 13.2. The van der Waals surface area contributed by atoms with E-state index in [-0.39, 0.29) is 24.1 Å². The van der Waals surface area contributed by atoms with Crippen LogP contribution in [-0.2, 0) is 9.53 Å². The van der Waals surface area contributed by atoms with Crippen LogP contribution in [0.4, 0.5) is 17.5 Å². The number of benzene rings is 2. The van der Waals surface area contributed by atoms with Crippen molar-refractivity contribution in [2.24, 2.45) is 4.99 Å². The monoisotopic (exact) mass is 521 g/mol. The van der Waals surface area contributed by atoms with Crippen molar-refractivity contribution in [3.63, 3.8) is 0 Å². The van der Waals surface area contributed by atoms with E-state index < -0.39 is 6.17 Å². The van der Waals surface area contributed by atoms with E-state index >= 15 is 0 Å². The predicted molar refractivity (Wildman–Crippen MR) is 147 cm³/mol. The number of amides is 1. The molecule has 2 saturated heterocycles. The standard InChI is InChI=1S/C29H27N7O3/c1-17-11-14-22(26(30-17)36-15-19-12-13-20(16-36)38-19)28-34-35-29(39-28)33-25-27(37)31-23-10-6-5-9-21(23)24(32-25)18-7-3-2-4-8-18/h2-11,14,19-20,25H,12-13,15-16H2,1H3,(H,31,37)(H,33,35). The molecule has 4 aromatic rings. The van der Waals surface area contributed by atoms with Gasteiger partial charge in [0.05, 0.1) is 29.2 Å². The number of morpholine rings is 1. The first-order valence-corrected chi connectivity index (χ1v) is 13.1. The second kappa shape index (κ2) is 9.63. The summed E-state index contributed by atoms with van der Waals surface area (Å²) in [4.78, 5) is 25.1. The number of para-hydroxylation sites is 1. The van der Waals surface area contributed by atoms with Crippen LogP contribution in [0.5, 0.6) is 0 Å². The van der Waals surface area contributed by atoms with Crippen molar-refractivity contribution in [3.05, 3.63) is 83.6 Å². The van der Waals surface area contributed by atoms with Crippen LogP contribution in [0.25, 0.3) is 11.5 Å². The summed E-state index contributed by atoms with van der Waals surface area (Å²) in [6, 6.07) is 21.4. The van der Waals surface area contributed by atoms with Gasteiger partial charge in [0.2, 0.25) is 6.17 Å². The summed E-state index contributed by atoms with van der Waals surface area (Å²) in [5.74, 6) is 0.801. The Labute approximate surface area is 225 Å². The average molecular weight is 522 g/mol. The first-order chi connectivity index (χ1) is 19.1. The van der Waals surface area contributed by atoms with E-state index in [0.29, 0.717) is 17.3 Å². The van der Waals surface area contributed by atoms with Gasteiger partial charge in [0.15, 0.2) is 0 Å². The molecule has 2 N–H and O–H groups in total. The third kappa shape index (κ3) is 4.52. The highest BCUT2D eigenvalue weighted by Gasteiger charge is 2.36. The van der Waals surface area contributed by atoms with E-state index in [9.17, 15) is 4.79 Å². The van der Waals surface area contributed by atoms with Gasteiger partial charge in [-0.1, -0.05) is 53.6 Å². The summed E-state index contributed by atoms with van der Waals surface area (Å²) in [7, 11) is 0. The molecule has 3 unspecified atom stereocenters. The van der Waals surface area contributed by atoms with Crippen molar-refractivity contribution in [3.8, 4) is 11.5 Å². The zero-order valence-corrected chi connectivity index (χ0v) is 21.4. The van der Waals surface area contributed by atoms with Crippen molar-refractivity contribution in [2.45, 2.75) is 38.1 Å². The molecule has 2 aromatic heterocycles. The Kier molecular flexibility index (Phi) is 5.81. The molecule has 0 saturated carbocycles. The molecule has 39 heavy (non-hydrogen) atoms. The van der Waals surface area contributed by atoms with Crippen LogP contribution < -0.4 is 15.5 Å². The number of benzodiazepines with no additional fused rings is 1. The molecular weight excluding hydrogens is 494 g/mol. The number of nitrogens with zero attached hydrogens (tertiary/aromatic N) is 5. The van der Waals surface area contributed by atoms with Gasteiger partial charge in [-0.25, -0.2) is 9.98 Å². The number of aromatic nitrogens is 3. The Bertz CT molecular complexity index is 1560. The highest BCUT2D eigenvalue weighted by molar-refractivity contribution is 6.19. The van der Waals surface area contributed by atoms with E-state index in [0.717, 1.165) is 54.1 Å². The van der Waals surface area contributed by atoms with Crippen molar-refractivity contribution in [1.29, 1.82) is 0 Å². The van der Waals surface area contributed by atoms with Crippen LogP contribution in [0.2, 0.25) is 0 Å². The predicted octanol–water partition coefficient (Wildman–Crippen LogP) is 4.04. The molecule has 196 valence electrons. The molecule has 2 aromatic carbocycles. The van der Waals surface area contributed by atoms with E-state index in [1.807, 2.05) is 73.7 Å². The lowest BCUT2D eigenvalue weighted by Gasteiger charge is -2.33. The number of carbonyl (C=O) groups is 1. The number of nitrogens with one attached hydrogen (secondary N) is 2. The number of pyridine rings is 1. The lowest BCUT2D eigenvalue weighted by atomic mass is 10.0. The summed E-state index contributed by atoms with van der Waals surface area (Å²) in [6.45, 7) is 3.52. The van der Waals surface area contributed by atoms with Crippen molar-refractivity contribution in [2.75, 3.05) is 28.6 Å². The minimum Gasteiger partial charge on any atom is -0.403 e. The smallest absolute Gasteiger partial charge is 0.317 e. The number of aryl methyl sites for hydroxylation is 1. The molecule has 3 aliphatic rings. The molecule has 5 heterocycles. The van der Waals surface area contributed by atoms with Crippen molar-refractivity contribution in [1.82, 2.24) is 15.2 Å². The molecular formula is C29H27N7O3. The summed E-state index contributed by atoms with van der Waals surface area (Å²) in [5.41, 5.74) is 4.76. The minimum atomic E-state index is -0.980. The second-order valence-corrected chi connectivity index (χ2v) is 10.0. The maximum absolute atomic E-state index is 13.2. The third-order valence-corrected chi connectivity index (χ3v) is 7.27. The fourth-order valence-electron chi connectivity index (χ4n) is 5.43. The van der Waals surface area contributed by atoms with Gasteiger partial charge < -0.3 is 24.7 Å². The first kappa shape index (κ1) is 23.5. The molecule has 10 heteroatoms. The van der Waals surface area contributed by atoms with Gasteiger partial charge in [0.1, 0.15) is 5.82 Å². The molecule has 0 radical (unpaired) electrons. The van der Waals surface area contributed by atoms with E-state index in [1.54, 1.807) is 0 Å². The minimum absolute atomic E-state index is 0.0980. The highest BCUT2D eigenvalue weighted by atomic mass is 16.5. The van der Waals surface area contributed by atoms with Crippen LogP contribution in [0.15, 0.2) is 76.1 Å². The average Bonchev–Trinajstić information content (AvgIpc) is 3.53. The fraction of sp³-hybridized carbons (Fsp3) is 0.276. The quantitative estimate of drug-likeness (QED) is 0.404. The highest BCUT2D eigenvalue weighted by Crippen LogP contribution is 2.35. The van der Waals surface area contributed by atoms with Crippen LogP contribution in [0.1, 0.15) is 29.7 Å². The fourth-order valence-corrected chi connectivity index (χ4v) is 5.43. The van der Waals surface area contributed by atoms with Gasteiger partial charge in [-0.15, -0.1) is 5.10 Å². The first-order valence-electron chi connectivity index (χ1n) is 13.1. The SMILES string of the molecule is Cc1ccc(-c2nnc(NC3N=C(c4ccccc4)c4ccccc4NC3=O)o2)c(N2CC3CCC(C2)O3)n1. The second-order valence-electron chi connectivity index (χ2n) is 10.0. The Hall–Kier alpha value is -4.57. The summed E-state index contributed by atoms with van der Waals surface area (Å²) in [5, 5.41) is 14.5. The lowest BCUT2D eigenvalue weighted by molar-refractivity contribution is -0.116. The largest absolute Gasteiger partial charge is 0.403 e. The zero-order valence-electron chi connectivity index (χ0n) is 21.4. The molecule has 0 aliphatic carbocycles. The molecule has 2 fully saturated rings. The van der Waals surface area contributed by atoms with Gasteiger partial charge in [0.25, 0.3) is 11.8 Å². The number of ether oxygens (including phenoxy) is 1. The van der Waals surface area contributed by atoms with Gasteiger partial charge >= 0.3 is 6.01 Å². The molecule has 10 nitrogen and oxygen atoms in total. The summed E-state index contributed by atoms with van der Waals surface area (Å²) < 4.78 is 12.1. The van der Waals surface area contributed by atoms with Gasteiger partial charge in [-0.05, 0) is 38.0 Å². The zero-order chi connectivity index (χ0) is 26.3. The number of rotatable bonds is 5. The molecule has 0 spiro atoms. The number of hydrogen-bond acceptors (Lipinski definition) is 9. The maximum Gasteiger partial charge on any atom is 0.317 e. The number of hydrogen-bond donors (Lipinski definition) is 2.